The van der Waals surface area contributed by atoms with Crippen molar-refractivity contribution in [2.75, 3.05) is 6.73 Å². The van der Waals surface area contributed by atoms with Crippen LogP contribution in [0.2, 0.25) is 0 Å². The number of benzene rings is 1. The molecule has 4 heteroatoms. The Labute approximate surface area is 75.1 Å². The first kappa shape index (κ1) is 8.07. The first-order valence-electron chi connectivity index (χ1n) is 3.96. The van der Waals surface area contributed by atoms with Gasteiger partial charge in [-0.05, 0) is 17.7 Å². The molecular formula is C9H9NO3. The summed E-state index contributed by atoms with van der Waals surface area (Å²) in [4.78, 5) is 11.1. The maximum atomic E-state index is 11.1. The summed E-state index contributed by atoms with van der Waals surface area (Å²) >= 11 is 0. The smallest absolute Gasteiger partial charge is 0.329 e. The first-order chi connectivity index (χ1) is 6.27. The molecular weight excluding hydrogens is 170 g/mol. The van der Waals surface area contributed by atoms with Crippen molar-refractivity contribution in [3.8, 4) is 5.75 Å². The zero-order chi connectivity index (χ0) is 9.26. The van der Waals surface area contributed by atoms with Gasteiger partial charge in [-0.1, -0.05) is 12.1 Å². The van der Waals surface area contributed by atoms with Crippen LogP contribution in [-0.2, 0) is 9.53 Å². The van der Waals surface area contributed by atoms with E-state index >= 15 is 0 Å². The van der Waals surface area contributed by atoms with Gasteiger partial charge in [0.2, 0.25) is 0 Å². The summed E-state index contributed by atoms with van der Waals surface area (Å²) in [5.41, 5.74) is 0.806. The van der Waals surface area contributed by atoms with Gasteiger partial charge in [0, 0.05) is 0 Å². The average Bonchev–Trinajstić information content (AvgIpc) is 2.53. The highest BCUT2D eigenvalue weighted by molar-refractivity contribution is 5.79. The fraction of sp³-hybridized carbons (Fsp3) is 0.222. The van der Waals surface area contributed by atoms with Crippen molar-refractivity contribution in [2.45, 2.75) is 6.04 Å². The third-order valence-electron chi connectivity index (χ3n) is 1.96. The molecule has 4 nitrogen and oxygen atoms in total. The Hall–Kier alpha value is -1.55. The van der Waals surface area contributed by atoms with Crippen molar-refractivity contribution in [2.24, 2.45) is 0 Å². The number of carbonyl (C=O) groups excluding carboxylic acids is 1. The molecule has 0 radical (unpaired) electrons. The lowest BCUT2D eigenvalue weighted by molar-refractivity contribution is -0.139. The van der Waals surface area contributed by atoms with Crippen molar-refractivity contribution in [3.05, 3.63) is 29.8 Å². The topological polar surface area (TPSA) is 58.6 Å². The van der Waals surface area contributed by atoms with Gasteiger partial charge in [-0.3, -0.25) is 5.32 Å². The van der Waals surface area contributed by atoms with Gasteiger partial charge in [-0.25, -0.2) is 4.79 Å². The molecule has 1 aromatic carbocycles. The molecule has 0 saturated carbocycles. The van der Waals surface area contributed by atoms with Crippen LogP contribution in [0.5, 0.6) is 5.75 Å². The van der Waals surface area contributed by atoms with E-state index in [1.165, 1.54) is 0 Å². The van der Waals surface area contributed by atoms with E-state index in [2.05, 4.69) is 5.32 Å². The summed E-state index contributed by atoms with van der Waals surface area (Å²) in [6.45, 7) is 0.254. The Morgan fingerprint density at radius 2 is 2.08 bits per heavy atom. The number of aromatic hydroxyl groups is 1. The van der Waals surface area contributed by atoms with Gasteiger partial charge in [-0.15, -0.1) is 0 Å². The SMILES string of the molecule is O=C1OCN[C@H]1c1ccc(O)cc1. The molecule has 1 atom stereocenters. The second-order valence-corrected chi connectivity index (χ2v) is 2.84. The van der Waals surface area contributed by atoms with Crippen LogP contribution < -0.4 is 5.32 Å². The Morgan fingerprint density at radius 1 is 1.38 bits per heavy atom. The van der Waals surface area contributed by atoms with Crippen LogP contribution in [-0.4, -0.2) is 17.8 Å². The Kier molecular flexibility index (Phi) is 1.90. The van der Waals surface area contributed by atoms with E-state index in [1.54, 1.807) is 24.3 Å². The molecule has 1 aromatic rings. The second-order valence-electron chi connectivity index (χ2n) is 2.84. The summed E-state index contributed by atoms with van der Waals surface area (Å²) < 4.78 is 4.74. The minimum Gasteiger partial charge on any atom is -0.508 e. The molecule has 1 aliphatic heterocycles. The van der Waals surface area contributed by atoms with E-state index in [9.17, 15) is 4.79 Å². The highest BCUT2D eigenvalue weighted by atomic mass is 16.6. The molecule has 0 aromatic heterocycles. The Balaban J connectivity index is 2.25. The van der Waals surface area contributed by atoms with Crippen molar-refractivity contribution < 1.29 is 14.6 Å². The average molecular weight is 179 g/mol. The van der Waals surface area contributed by atoms with E-state index < -0.39 is 0 Å². The minimum atomic E-state index is -0.388. The fourth-order valence-corrected chi connectivity index (χ4v) is 1.28. The van der Waals surface area contributed by atoms with Gasteiger partial charge in [-0.2, -0.15) is 0 Å². The van der Waals surface area contributed by atoms with Gasteiger partial charge < -0.3 is 9.84 Å². The molecule has 1 heterocycles. The number of hydrogen-bond acceptors (Lipinski definition) is 4. The highest BCUT2D eigenvalue weighted by Gasteiger charge is 2.26. The summed E-state index contributed by atoms with van der Waals surface area (Å²) in [5.74, 6) is -0.0826. The largest absolute Gasteiger partial charge is 0.508 e. The number of ether oxygens (including phenoxy) is 1. The normalized spacial score (nSPS) is 21.5. The molecule has 68 valence electrons. The molecule has 0 unspecified atom stereocenters. The summed E-state index contributed by atoms with van der Waals surface area (Å²) in [7, 11) is 0. The molecule has 1 aliphatic rings. The number of esters is 1. The summed E-state index contributed by atoms with van der Waals surface area (Å²) in [6, 6.07) is 6.09. The molecule has 1 fully saturated rings. The molecule has 0 bridgehead atoms. The molecule has 0 amide bonds. The number of nitrogens with one attached hydrogen (secondary N) is 1. The minimum absolute atomic E-state index is 0.190. The number of rotatable bonds is 1. The zero-order valence-electron chi connectivity index (χ0n) is 6.86. The molecule has 2 rings (SSSR count). The van der Waals surface area contributed by atoms with E-state index in [-0.39, 0.29) is 24.5 Å². The molecule has 0 aliphatic carbocycles. The Morgan fingerprint density at radius 3 is 2.62 bits per heavy atom. The zero-order valence-corrected chi connectivity index (χ0v) is 6.86. The van der Waals surface area contributed by atoms with Crippen molar-refractivity contribution in [1.82, 2.24) is 5.32 Å². The van der Waals surface area contributed by atoms with Crippen LogP contribution in [0.4, 0.5) is 0 Å². The van der Waals surface area contributed by atoms with Crippen LogP contribution in [0, 0.1) is 0 Å². The predicted molar refractivity (Wildman–Crippen MR) is 44.9 cm³/mol. The predicted octanol–water partition coefficient (Wildman–Crippen LogP) is 0.537. The van der Waals surface area contributed by atoms with Gasteiger partial charge in [0.05, 0.1) is 0 Å². The maximum absolute atomic E-state index is 11.1. The quantitative estimate of drug-likeness (QED) is 0.617. The Bertz CT molecular complexity index is 320. The first-order valence-corrected chi connectivity index (χ1v) is 3.96. The number of phenolic OH excluding ortho intramolecular Hbond substituents is 1. The highest BCUT2D eigenvalue weighted by Crippen LogP contribution is 2.20. The monoisotopic (exact) mass is 179 g/mol. The molecule has 2 N–H and O–H groups in total. The fourth-order valence-electron chi connectivity index (χ4n) is 1.28. The van der Waals surface area contributed by atoms with Crippen LogP contribution in [0.1, 0.15) is 11.6 Å². The van der Waals surface area contributed by atoms with E-state index in [1.807, 2.05) is 0 Å². The van der Waals surface area contributed by atoms with E-state index in [4.69, 9.17) is 9.84 Å². The number of hydrogen-bond donors (Lipinski definition) is 2. The van der Waals surface area contributed by atoms with Gasteiger partial charge in [0.1, 0.15) is 18.5 Å². The molecule has 13 heavy (non-hydrogen) atoms. The van der Waals surface area contributed by atoms with Crippen LogP contribution in [0.3, 0.4) is 0 Å². The lowest BCUT2D eigenvalue weighted by Crippen LogP contribution is -2.17. The maximum Gasteiger partial charge on any atom is 0.329 e. The second kappa shape index (κ2) is 3.06. The lowest BCUT2D eigenvalue weighted by atomic mass is 10.1. The third kappa shape index (κ3) is 1.48. The van der Waals surface area contributed by atoms with E-state index in [0.717, 1.165) is 5.56 Å². The van der Waals surface area contributed by atoms with Gasteiger partial charge >= 0.3 is 5.97 Å². The standard InChI is InChI=1S/C9H9NO3/c11-7-3-1-6(2-4-7)8-9(12)13-5-10-8/h1-4,8,10-11H,5H2/t8-/m0/s1. The number of carbonyl (C=O) groups is 1. The van der Waals surface area contributed by atoms with Crippen molar-refractivity contribution >= 4 is 5.97 Å². The van der Waals surface area contributed by atoms with Crippen LogP contribution in [0.15, 0.2) is 24.3 Å². The number of phenols is 1. The molecule has 1 saturated heterocycles. The summed E-state index contributed by atoms with van der Waals surface area (Å²) in [5, 5.41) is 11.9. The van der Waals surface area contributed by atoms with Crippen molar-refractivity contribution in [3.63, 3.8) is 0 Å². The lowest BCUT2D eigenvalue weighted by Gasteiger charge is -2.05. The van der Waals surface area contributed by atoms with Crippen molar-refractivity contribution in [1.29, 1.82) is 0 Å². The van der Waals surface area contributed by atoms with Crippen LogP contribution >= 0.6 is 0 Å². The van der Waals surface area contributed by atoms with E-state index in [0.29, 0.717) is 0 Å². The third-order valence-corrected chi connectivity index (χ3v) is 1.96. The van der Waals surface area contributed by atoms with Gasteiger partial charge in [0.25, 0.3) is 0 Å². The molecule has 0 spiro atoms. The summed E-state index contributed by atoms with van der Waals surface area (Å²) in [6.07, 6.45) is 0. The van der Waals surface area contributed by atoms with Crippen LogP contribution in [0.25, 0.3) is 0 Å². The number of cyclic esters (lactones) is 1. The van der Waals surface area contributed by atoms with Gasteiger partial charge in [0.15, 0.2) is 0 Å².